The highest BCUT2D eigenvalue weighted by molar-refractivity contribution is 9.10. The molecule has 1 heterocycles. The lowest BCUT2D eigenvalue weighted by Gasteiger charge is -2.06. The fourth-order valence-electron chi connectivity index (χ4n) is 1.75. The minimum absolute atomic E-state index is 0.344. The Balaban J connectivity index is 2.07. The summed E-state index contributed by atoms with van der Waals surface area (Å²) >= 11 is 4.64. The van der Waals surface area contributed by atoms with E-state index in [-0.39, 0.29) is 0 Å². The second-order valence-corrected chi connectivity index (χ2v) is 8.43. The summed E-state index contributed by atoms with van der Waals surface area (Å²) in [7, 11) is -3.50. The lowest BCUT2D eigenvalue weighted by Crippen LogP contribution is -2.15. The van der Waals surface area contributed by atoms with Crippen LogP contribution < -0.4 is 10.0 Å². The van der Waals surface area contributed by atoms with Crippen molar-refractivity contribution in [3.63, 3.8) is 0 Å². The summed E-state index contributed by atoms with van der Waals surface area (Å²) in [4.78, 5) is 1.06. The monoisotopic (exact) mass is 388 g/mol. The maximum atomic E-state index is 12.3. The summed E-state index contributed by atoms with van der Waals surface area (Å²) in [5.74, 6) is 0. The van der Waals surface area contributed by atoms with Crippen molar-refractivity contribution in [3.8, 4) is 0 Å². The molecule has 0 saturated heterocycles. The Hall–Kier alpha value is -0.890. The van der Waals surface area contributed by atoms with Gasteiger partial charge in [0, 0.05) is 15.0 Å². The molecule has 0 bridgehead atoms. The molecule has 0 aliphatic heterocycles. The summed E-state index contributed by atoms with van der Waals surface area (Å²) in [5.41, 5.74) is 0.556. The van der Waals surface area contributed by atoms with Crippen LogP contribution in [0.1, 0.15) is 11.8 Å². The van der Waals surface area contributed by atoms with E-state index in [0.29, 0.717) is 9.90 Å². The maximum absolute atomic E-state index is 12.3. The molecule has 2 rings (SSSR count). The second kappa shape index (κ2) is 7.40. The molecule has 0 amide bonds. The van der Waals surface area contributed by atoms with Gasteiger partial charge < -0.3 is 5.32 Å². The number of benzene rings is 1. The number of hydrogen-bond acceptors (Lipinski definition) is 4. The number of nitrogens with one attached hydrogen (secondary N) is 2. The summed E-state index contributed by atoms with van der Waals surface area (Å²) < 4.78 is 28.4. The van der Waals surface area contributed by atoms with Crippen molar-refractivity contribution in [3.05, 3.63) is 45.7 Å². The zero-order chi connectivity index (χ0) is 15.3. The van der Waals surface area contributed by atoms with Crippen LogP contribution in [0, 0.1) is 0 Å². The van der Waals surface area contributed by atoms with Gasteiger partial charge >= 0.3 is 0 Å². The van der Waals surface area contributed by atoms with Crippen molar-refractivity contribution in [2.45, 2.75) is 17.6 Å². The summed E-state index contributed by atoms with van der Waals surface area (Å²) in [6.07, 6.45) is 0.840. The summed E-state index contributed by atoms with van der Waals surface area (Å²) in [6, 6.07) is 10.6. The van der Waals surface area contributed by atoms with Crippen LogP contribution in [-0.2, 0) is 16.4 Å². The van der Waals surface area contributed by atoms with Crippen LogP contribution in [-0.4, -0.2) is 21.5 Å². The lowest BCUT2D eigenvalue weighted by molar-refractivity contribution is 0.603. The van der Waals surface area contributed by atoms with Crippen LogP contribution in [0.4, 0.5) is 5.69 Å². The number of rotatable bonds is 7. The molecule has 2 aromatic rings. The van der Waals surface area contributed by atoms with E-state index < -0.39 is 10.0 Å². The van der Waals surface area contributed by atoms with E-state index in [1.165, 1.54) is 11.3 Å². The Morgan fingerprint density at radius 1 is 1.14 bits per heavy atom. The predicted molar refractivity (Wildman–Crippen MR) is 91.5 cm³/mol. The second-order valence-electron chi connectivity index (χ2n) is 4.44. The van der Waals surface area contributed by atoms with Gasteiger partial charge in [-0.25, -0.2) is 8.42 Å². The highest BCUT2D eigenvalue weighted by Gasteiger charge is 2.16. The highest BCUT2D eigenvalue weighted by Crippen LogP contribution is 2.25. The first kappa shape index (κ1) is 16.5. The molecule has 0 aliphatic rings. The third-order valence-corrected chi connectivity index (χ3v) is 6.34. The normalized spacial score (nSPS) is 11.5. The largest absolute Gasteiger partial charge is 0.317 e. The van der Waals surface area contributed by atoms with E-state index in [2.05, 4.69) is 26.0 Å². The van der Waals surface area contributed by atoms with Crippen LogP contribution in [0.3, 0.4) is 0 Å². The molecule has 2 N–H and O–H groups in total. The van der Waals surface area contributed by atoms with Gasteiger partial charge in [-0.2, -0.15) is 0 Å². The smallest absolute Gasteiger partial charge is 0.271 e. The first-order chi connectivity index (χ1) is 10.0. The van der Waals surface area contributed by atoms with Gasteiger partial charge in [-0.3, -0.25) is 4.72 Å². The van der Waals surface area contributed by atoms with Crippen molar-refractivity contribution in [1.82, 2.24) is 5.32 Å². The lowest BCUT2D eigenvalue weighted by atomic mass is 10.3. The number of anilines is 1. The van der Waals surface area contributed by atoms with Crippen molar-refractivity contribution >= 4 is 43.0 Å². The topological polar surface area (TPSA) is 58.2 Å². The van der Waals surface area contributed by atoms with Gasteiger partial charge in [0.15, 0.2) is 0 Å². The highest BCUT2D eigenvalue weighted by atomic mass is 79.9. The SMILES string of the molecule is CCNCCc1ccc(S(=O)(=O)Nc2ccc(Br)cc2)s1. The molecule has 0 atom stereocenters. The molecular weight excluding hydrogens is 372 g/mol. The molecule has 0 fully saturated rings. The van der Waals surface area contributed by atoms with Gasteiger partial charge in [-0.1, -0.05) is 22.9 Å². The fraction of sp³-hybridized carbons (Fsp3) is 0.286. The Morgan fingerprint density at radius 3 is 2.52 bits per heavy atom. The third kappa shape index (κ3) is 4.81. The van der Waals surface area contributed by atoms with Crippen molar-refractivity contribution in [2.75, 3.05) is 17.8 Å². The van der Waals surface area contributed by atoms with Gasteiger partial charge in [-0.05, 0) is 55.9 Å². The van der Waals surface area contributed by atoms with E-state index in [9.17, 15) is 8.42 Å². The van der Waals surface area contributed by atoms with Gasteiger partial charge in [0.05, 0.1) is 0 Å². The Morgan fingerprint density at radius 2 is 1.86 bits per heavy atom. The van der Waals surface area contributed by atoms with Crippen molar-refractivity contribution in [2.24, 2.45) is 0 Å². The fourth-order valence-corrected chi connectivity index (χ4v) is 4.43. The minimum atomic E-state index is -3.50. The van der Waals surface area contributed by atoms with Crippen LogP contribution in [0.2, 0.25) is 0 Å². The molecule has 4 nitrogen and oxygen atoms in total. The zero-order valence-corrected chi connectivity index (χ0v) is 14.8. The first-order valence-corrected chi connectivity index (χ1v) is 9.68. The predicted octanol–water partition coefficient (Wildman–Crippen LogP) is 3.46. The van der Waals surface area contributed by atoms with E-state index in [4.69, 9.17) is 0 Å². The number of likely N-dealkylation sites (N-methyl/N-ethyl adjacent to an activating group) is 1. The van der Waals surface area contributed by atoms with Crippen LogP contribution >= 0.6 is 27.3 Å². The summed E-state index contributed by atoms with van der Waals surface area (Å²) in [6.45, 7) is 3.82. The number of hydrogen-bond donors (Lipinski definition) is 2. The molecule has 0 saturated carbocycles. The van der Waals surface area contributed by atoms with E-state index >= 15 is 0 Å². The first-order valence-electron chi connectivity index (χ1n) is 6.59. The molecule has 21 heavy (non-hydrogen) atoms. The molecule has 114 valence electrons. The molecular formula is C14H17BrN2O2S2. The number of thiophene rings is 1. The number of halogens is 1. The maximum Gasteiger partial charge on any atom is 0.271 e. The van der Waals surface area contributed by atoms with Crippen LogP contribution in [0.5, 0.6) is 0 Å². The van der Waals surface area contributed by atoms with E-state index in [1.807, 2.05) is 13.0 Å². The Labute approximate surface area is 137 Å². The van der Waals surface area contributed by atoms with Crippen molar-refractivity contribution in [1.29, 1.82) is 0 Å². The Kier molecular flexibility index (Phi) is 5.80. The molecule has 1 aromatic carbocycles. The molecule has 0 aliphatic carbocycles. The molecule has 0 spiro atoms. The third-order valence-electron chi connectivity index (χ3n) is 2.80. The van der Waals surface area contributed by atoms with E-state index in [0.717, 1.165) is 28.9 Å². The van der Waals surface area contributed by atoms with Gasteiger partial charge in [-0.15, -0.1) is 11.3 Å². The van der Waals surface area contributed by atoms with Crippen LogP contribution in [0.25, 0.3) is 0 Å². The standard InChI is InChI=1S/C14H17BrN2O2S2/c1-2-16-10-9-13-7-8-14(20-13)21(18,19)17-12-5-3-11(15)4-6-12/h3-8,16-17H,2,9-10H2,1H3. The molecule has 0 radical (unpaired) electrons. The molecule has 7 heteroatoms. The average Bonchev–Trinajstić information content (AvgIpc) is 2.91. The molecule has 0 unspecified atom stereocenters. The van der Waals surface area contributed by atoms with Gasteiger partial charge in [0.25, 0.3) is 10.0 Å². The average molecular weight is 389 g/mol. The van der Waals surface area contributed by atoms with Gasteiger partial charge in [0.2, 0.25) is 0 Å². The van der Waals surface area contributed by atoms with E-state index in [1.54, 1.807) is 30.3 Å². The quantitative estimate of drug-likeness (QED) is 0.713. The molecule has 1 aromatic heterocycles. The Bertz CT molecular complexity index is 681. The van der Waals surface area contributed by atoms with Crippen LogP contribution in [0.15, 0.2) is 45.1 Å². The van der Waals surface area contributed by atoms with Gasteiger partial charge in [0.1, 0.15) is 4.21 Å². The minimum Gasteiger partial charge on any atom is -0.317 e. The summed E-state index contributed by atoms with van der Waals surface area (Å²) in [5, 5.41) is 3.23. The number of sulfonamides is 1. The van der Waals surface area contributed by atoms with Crippen molar-refractivity contribution < 1.29 is 8.42 Å². The zero-order valence-electron chi connectivity index (χ0n) is 11.6.